The van der Waals surface area contributed by atoms with Gasteiger partial charge in [0.05, 0.1) is 6.04 Å². The summed E-state index contributed by atoms with van der Waals surface area (Å²) in [5, 5.41) is 0. The van der Waals surface area contributed by atoms with Crippen molar-refractivity contribution in [3.05, 3.63) is 47.0 Å². The summed E-state index contributed by atoms with van der Waals surface area (Å²) in [7, 11) is 0. The van der Waals surface area contributed by atoms with Gasteiger partial charge >= 0.3 is 0 Å². The van der Waals surface area contributed by atoms with Gasteiger partial charge < -0.3 is 0 Å². The molecule has 2 rings (SSSR count). The Morgan fingerprint density at radius 2 is 1.83 bits per heavy atom. The Morgan fingerprint density at radius 3 is 2.50 bits per heavy atom. The normalized spacial score (nSPS) is 24.9. The first kappa shape index (κ1) is 13.1. The van der Waals surface area contributed by atoms with E-state index >= 15 is 0 Å². The van der Waals surface area contributed by atoms with Crippen LogP contribution in [0.2, 0.25) is 0 Å². The minimum Gasteiger partial charge on any atom is -0.286 e. The third-order valence-electron chi connectivity index (χ3n) is 3.85. The fraction of sp³-hybridized carbons (Fsp3) is 0.471. The summed E-state index contributed by atoms with van der Waals surface area (Å²) in [5.74, 6) is 0.661. The van der Waals surface area contributed by atoms with Crippen LogP contribution in [0.1, 0.15) is 44.7 Å². The first-order chi connectivity index (χ1) is 8.56. The molecular weight excluding hydrogens is 218 g/mol. The predicted octanol–water partition coefficient (Wildman–Crippen LogP) is 4.55. The number of nitrogens with zero attached hydrogens (tertiary/aromatic N) is 1. The number of allylic oxidation sites excluding steroid dienone is 1. The van der Waals surface area contributed by atoms with Gasteiger partial charge in [-0.1, -0.05) is 48.4 Å². The van der Waals surface area contributed by atoms with Crippen LogP contribution < -0.4 is 0 Å². The minimum absolute atomic E-state index is 0.455. The Bertz CT molecular complexity index is 465. The summed E-state index contributed by atoms with van der Waals surface area (Å²) in [6.45, 7) is 8.77. The van der Waals surface area contributed by atoms with E-state index in [-0.39, 0.29) is 0 Å². The van der Waals surface area contributed by atoms with Gasteiger partial charge in [-0.3, -0.25) is 4.99 Å². The molecule has 0 aromatic heterocycles. The molecule has 96 valence electrons. The van der Waals surface area contributed by atoms with E-state index in [1.807, 2.05) is 0 Å². The van der Waals surface area contributed by atoms with Crippen LogP contribution in [0.15, 0.2) is 40.9 Å². The second-order valence-corrected chi connectivity index (χ2v) is 5.62. The third kappa shape index (κ3) is 3.10. The maximum absolute atomic E-state index is 4.94. The van der Waals surface area contributed by atoms with Gasteiger partial charge in [-0.25, -0.2) is 0 Å². The second kappa shape index (κ2) is 5.51. The van der Waals surface area contributed by atoms with Crippen molar-refractivity contribution < 1.29 is 0 Å². The van der Waals surface area contributed by atoms with Crippen LogP contribution in [0, 0.1) is 12.8 Å². The number of hydrogen-bond acceptors (Lipinski definition) is 1. The third-order valence-corrected chi connectivity index (χ3v) is 3.85. The molecule has 2 atom stereocenters. The van der Waals surface area contributed by atoms with Crippen LogP contribution in [0.25, 0.3) is 0 Å². The Kier molecular flexibility index (Phi) is 4.00. The molecule has 1 aromatic carbocycles. The Labute approximate surface area is 111 Å². The first-order valence-electron chi connectivity index (χ1n) is 6.83. The van der Waals surface area contributed by atoms with E-state index in [0.717, 1.165) is 6.42 Å². The van der Waals surface area contributed by atoms with Crippen LogP contribution in [-0.2, 0) is 0 Å². The molecule has 0 heterocycles. The highest BCUT2D eigenvalue weighted by atomic mass is 14.8. The zero-order valence-corrected chi connectivity index (χ0v) is 11.9. The van der Waals surface area contributed by atoms with Gasteiger partial charge in [0.2, 0.25) is 0 Å². The Hall–Kier alpha value is -1.37. The summed E-state index contributed by atoms with van der Waals surface area (Å²) < 4.78 is 0. The number of benzene rings is 1. The maximum Gasteiger partial charge on any atom is 0.0568 e. The molecule has 1 nitrogen and oxygen atoms in total. The molecule has 0 radical (unpaired) electrons. The van der Waals surface area contributed by atoms with Crippen LogP contribution in [0.5, 0.6) is 0 Å². The summed E-state index contributed by atoms with van der Waals surface area (Å²) in [5.41, 5.74) is 5.21. The molecule has 0 spiro atoms. The minimum atomic E-state index is 0.455. The largest absolute Gasteiger partial charge is 0.286 e. The summed E-state index contributed by atoms with van der Waals surface area (Å²) in [4.78, 5) is 4.94. The highest BCUT2D eigenvalue weighted by molar-refractivity contribution is 5.98. The van der Waals surface area contributed by atoms with Crippen LogP contribution in [0.4, 0.5) is 0 Å². The van der Waals surface area contributed by atoms with E-state index < -0.39 is 0 Å². The van der Waals surface area contributed by atoms with Gasteiger partial charge in [0.25, 0.3) is 0 Å². The van der Waals surface area contributed by atoms with E-state index in [9.17, 15) is 0 Å². The summed E-state index contributed by atoms with van der Waals surface area (Å²) in [6, 6.07) is 9.11. The molecule has 1 aromatic rings. The average Bonchev–Trinajstić information content (AvgIpc) is 2.34. The Balaban J connectivity index is 2.17. The van der Waals surface area contributed by atoms with E-state index in [1.165, 1.54) is 28.8 Å². The molecule has 0 aliphatic heterocycles. The quantitative estimate of drug-likeness (QED) is 0.532. The van der Waals surface area contributed by atoms with E-state index in [2.05, 4.69) is 58.0 Å². The molecule has 0 bridgehead atoms. The molecule has 1 aliphatic carbocycles. The number of hydrogen-bond donors (Lipinski definition) is 0. The molecule has 0 saturated heterocycles. The number of rotatable bonds is 2. The van der Waals surface area contributed by atoms with Gasteiger partial charge in [0.1, 0.15) is 0 Å². The lowest BCUT2D eigenvalue weighted by molar-refractivity contribution is 0.438. The van der Waals surface area contributed by atoms with Gasteiger partial charge in [-0.15, -0.1) is 0 Å². The molecular formula is C17H23N. The predicted molar refractivity (Wildman–Crippen MR) is 79.3 cm³/mol. The fourth-order valence-electron chi connectivity index (χ4n) is 2.45. The fourth-order valence-corrected chi connectivity index (χ4v) is 2.45. The first-order valence-corrected chi connectivity index (χ1v) is 6.83. The van der Waals surface area contributed by atoms with Crippen molar-refractivity contribution in [2.45, 2.75) is 46.6 Å². The van der Waals surface area contributed by atoms with Crippen molar-refractivity contribution in [3.8, 4) is 0 Å². The average molecular weight is 241 g/mol. The highest BCUT2D eigenvalue weighted by Gasteiger charge is 2.20. The van der Waals surface area contributed by atoms with E-state index in [0.29, 0.717) is 12.0 Å². The van der Waals surface area contributed by atoms with Crippen molar-refractivity contribution in [1.29, 1.82) is 0 Å². The van der Waals surface area contributed by atoms with Crippen molar-refractivity contribution in [3.63, 3.8) is 0 Å². The van der Waals surface area contributed by atoms with Crippen LogP contribution in [0.3, 0.4) is 0 Å². The van der Waals surface area contributed by atoms with E-state index in [1.54, 1.807) is 0 Å². The van der Waals surface area contributed by atoms with Gasteiger partial charge in [0, 0.05) is 5.71 Å². The molecule has 1 heteroatoms. The second-order valence-electron chi connectivity index (χ2n) is 5.62. The molecule has 18 heavy (non-hydrogen) atoms. The molecule has 2 unspecified atom stereocenters. The standard InChI is InChI=1S/C17H23N/c1-12-6-9-16(10-7-12)15(4)18-17-11-13(2)5-8-14(17)3/h5-7,9-10,14,17H,8,11H2,1-4H3. The molecule has 0 N–H and O–H groups in total. The lowest BCUT2D eigenvalue weighted by Crippen LogP contribution is -2.21. The molecule has 1 aliphatic rings. The molecule has 0 saturated carbocycles. The highest BCUT2D eigenvalue weighted by Crippen LogP contribution is 2.26. The van der Waals surface area contributed by atoms with Crippen molar-refractivity contribution in [1.82, 2.24) is 0 Å². The van der Waals surface area contributed by atoms with Crippen molar-refractivity contribution in [2.24, 2.45) is 10.9 Å². The maximum atomic E-state index is 4.94. The van der Waals surface area contributed by atoms with Gasteiger partial charge in [0.15, 0.2) is 0 Å². The summed E-state index contributed by atoms with van der Waals surface area (Å²) >= 11 is 0. The molecule has 0 fully saturated rings. The topological polar surface area (TPSA) is 12.4 Å². The van der Waals surface area contributed by atoms with Crippen LogP contribution in [-0.4, -0.2) is 11.8 Å². The van der Waals surface area contributed by atoms with Crippen molar-refractivity contribution in [2.75, 3.05) is 0 Å². The monoisotopic (exact) mass is 241 g/mol. The van der Waals surface area contributed by atoms with E-state index in [4.69, 9.17) is 4.99 Å². The van der Waals surface area contributed by atoms with Gasteiger partial charge in [-0.2, -0.15) is 0 Å². The van der Waals surface area contributed by atoms with Gasteiger partial charge in [-0.05, 0) is 45.1 Å². The smallest absolute Gasteiger partial charge is 0.0568 e. The van der Waals surface area contributed by atoms with Crippen molar-refractivity contribution >= 4 is 5.71 Å². The zero-order valence-electron chi connectivity index (χ0n) is 11.9. The Morgan fingerprint density at radius 1 is 1.17 bits per heavy atom. The number of aryl methyl sites for hydroxylation is 1. The van der Waals surface area contributed by atoms with Crippen LogP contribution >= 0.6 is 0 Å². The zero-order chi connectivity index (χ0) is 13.1. The molecule has 0 amide bonds. The number of aliphatic imine (C=N–C) groups is 1. The lowest BCUT2D eigenvalue weighted by atomic mass is 9.87. The lowest BCUT2D eigenvalue weighted by Gasteiger charge is -2.25. The SMILES string of the molecule is CC1=CCC(C)C(N=C(C)c2ccc(C)cc2)C1. The summed E-state index contributed by atoms with van der Waals surface area (Å²) in [6.07, 6.45) is 4.64.